The molecule has 2 unspecified atom stereocenters. The maximum absolute atomic E-state index is 13.1. The summed E-state index contributed by atoms with van der Waals surface area (Å²) in [4.78, 5) is 41.0. The first-order chi connectivity index (χ1) is 15.1. The van der Waals surface area contributed by atoms with Gasteiger partial charge in [0.2, 0.25) is 0 Å². The van der Waals surface area contributed by atoms with Gasteiger partial charge in [0.1, 0.15) is 6.04 Å². The number of carbonyl (C=O) groups is 3. The molecule has 1 fully saturated rings. The molecule has 7 nitrogen and oxygen atoms in total. The van der Waals surface area contributed by atoms with E-state index in [-0.39, 0.29) is 11.3 Å². The number of alkyl halides is 3. The maximum atomic E-state index is 13.1. The van der Waals surface area contributed by atoms with E-state index in [9.17, 15) is 27.6 Å². The van der Waals surface area contributed by atoms with E-state index in [0.717, 1.165) is 17.0 Å². The highest BCUT2D eigenvalue weighted by Crippen LogP contribution is 2.32. The van der Waals surface area contributed by atoms with Crippen LogP contribution in [0.3, 0.4) is 0 Å². The molecule has 11 heteroatoms. The molecule has 0 aromatic heterocycles. The van der Waals surface area contributed by atoms with Crippen LogP contribution in [-0.4, -0.2) is 41.9 Å². The van der Waals surface area contributed by atoms with Gasteiger partial charge in [-0.15, -0.1) is 0 Å². The second-order valence-corrected chi connectivity index (χ2v) is 7.74. The molecule has 0 aliphatic carbocycles. The molecule has 2 aliphatic heterocycles. The van der Waals surface area contributed by atoms with Crippen molar-refractivity contribution in [3.8, 4) is 0 Å². The third kappa shape index (κ3) is 3.89. The normalized spacial score (nSPS) is 20.6. The number of rotatable bonds is 3. The van der Waals surface area contributed by atoms with Crippen LogP contribution in [0.25, 0.3) is 0 Å². The molecule has 0 spiro atoms. The van der Waals surface area contributed by atoms with Gasteiger partial charge in [-0.05, 0) is 42.5 Å². The molecule has 2 atom stereocenters. The summed E-state index contributed by atoms with van der Waals surface area (Å²) in [6.45, 7) is 0. The summed E-state index contributed by atoms with van der Waals surface area (Å²) >= 11 is 5.86. The Morgan fingerprint density at radius 1 is 1.12 bits per heavy atom. The number of benzene rings is 2. The van der Waals surface area contributed by atoms with Crippen molar-refractivity contribution < 1.29 is 27.6 Å². The average Bonchev–Trinajstić information content (AvgIpc) is 3.05. The van der Waals surface area contributed by atoms with Crippen LogP contribution in [0.15, 0.2) is 60.3 Å². The minimum Gasteiger partial charge on any atom is -0.366 e. The summed E-state index contributed by atoms with van der Waals surface area (Å²) in [5.74, 6) is -1.28. The third-order valence-corrected chi connectivity index (χ3v) is 5.43. The molecule has 32 heavy (non-hydrogen) atoms. The summed E-state index contributed by atoms with van der Waals surface area (Å²) < 4.78 is 38.8. The Morgan fingerprint density at radius 2 is 1.81 bits per heavy atom. The summed E-state index contributed by atoms with van der Waals surface area (Å²) in [6, 6.07) is 7.70. The Kier molecular flexibility index (Phi) is 5.33. The number of anilines is 2. The van der Waals surface area contributed by atoms with Crippen molar-refractivity contribution in [1.29, 1.82) is 0 Å². The van der Waals surface area contributed by atoms with Crippen molar-refractivity contribution in [2.24, 2.45) is 0 Å². The van der Waals surface area contributed by atoms with E-state index in [4.69, 9.17) is 11.6 Å². The average molecular weight is 465 g/mol. The molecule has 0 saturated carbocycles. The minimum absolute atomic E-state index is 0.0485. The van der Waals surface area contributed by atoms with Gasteiger partial charge in [-0.2, -0.15) is 13.2 Å². The molecular weight excluding hydrogens is 449 g/mol. The predicted octanol–water partition coefficient (Wildman–Crippen LogP) is 3.62. The topological polar surface area (TPSA) is 81.8 Å². The highest BCUT2D eigenvalue weighted by molar-refractivity contribution is 6.30. The van der Waals surface area contributed by atoms with Crippen molar-refractivity contribution in [1.82, 2.24) is 10.2 Å². The van der Waals surface area contributed by atoms with Gasteiger partial charge >= 0.3 is 12.2 Å². The highest BCUT2D eigenvalue weighted by Gasteiger charge is 2.49. The number of nitrogens with one attached hydrogen (secondary N) is 2. The maximum Gasteiger partial charge on any atom is 0.416 e. The van der Waals surface area contributed by atoms with Gasteiger partial charge in [0, 0.05) is 24.0 Å². The van der Waals surface area contributed by atoms with Gasteiger partial charge in [-0.3, -0.25) is 9.59 Å². The van der Waals surface area contributed by atoms with E-state index in [1.54, 1.807) is 7.05 Å². The smallest absolute Gasteiger partial charge is 0.366 e. The number of nitrogens with zero attached hydrogens (tertiary/aromatic N) is 2. The lowest BCUT2D eigenvalue weighted by molar-refractivity contribution is -0.137. The van der Waals surface area contributed by atoms with E-state index in [1.165, 1.54) is 47.5 Å². The number of urea groups is 1. The lowest BCUT2D eigenvalue weighted by Gasteiger charge is -2.37. The van der Waals surface area contributed by atoms with Gasteiger partial charge in [-0.25, -0.2) is 9.69 Å². The lowest BCUT2D eigenvalue weighted by atomic mass is 9.99. The fourth-order valence-electron chi connectivity index (χ4n) is 3.70. The van der Waals surface area contributed by atoms with Gasteiger partial charge in [-0.1, -0.05) is 17.7 Å². The van der Waals surface area contributed by atoms with Gasteiger partial charge < -0.3 is 15.5 Å². The standard InChI is InChI=1S/C21H16ClF3N4O3/c1-28-10-15(18(30)26-13-4-2-3-11(9-13)21(23,24)25)16-17(28)19(31)29(20(32)27-16)14-7-5-12(22)6-8-14/h2-10,16-17H,1H3,(H,26,30)(H,27,32). The van der Waals surface area contributed by atoms with Crippen LogP contribution in [0.5, 0.6) is 0 Å². The van der Waals surface area contributed by atoms with Gasteiger partial charge in [0.05, 0.1) is 22.9 Å². The number of fused-ring (bicyclic) bond motifs is 1. The molecule has 4 amide bonds. The summed E-state index contributed by atoms with van der Waals surface area (Å²) in [5.41, 5.74) is -0.614. The lowest BCUT2D eigenvalue weighted by Crippen LogP contribution is -2.65. The van der Waals surface area contributed by atoms with Crippen molar-refractivity contribution in [2.75, 3.05) is 17.3 Å². The fourth-order valence-corrected chi connectivity index (χ4v) is 3.83. The number of hydrogen-bond donors (Lipinski definition) is 2. The summed E-state index contributed by atoms with van der Waals surface area (Å²) in [6.07, 6.45) is -3.17. The van der Waals surface area contributed by atoms with E-state index in [0.29, 0.717) is 10.7 Å². The Labute approximate surface area is 185 Å². The third-order valence-electron chi connectivity index (χ3n) is 5.18. The first-order valence-electron chi connectivity index (χ1n) is 9.38. The highest BCUT2D eigenvalue weighted by atomic mass is 35.5. The molecule has 0 radical (unpaired) electrons. The number of amides is 4. The number of imide groups is 1. The molecule has 2 aromatic rings. The van der Waals surface area contributed by atoms with Crippen LogP contribution in [0.4, 0.5) is 29.3 Å². The molecule has 2 aliphatic rings. The number of likely N-dealkylation sites (N-methyl/N-ethyl adjacent to an activating group) is 1. The van der Waals surface area contributed by atoms with Gasteiger partial charge in [0.15, 0.2) is 0 Å². The van der Waals surface area contributed by atoms with Crippen LogP contribution in [-0.2, 0) is 15.8 Å². The second-order valence-electron chi connectivity index (χ2n) is 7.30. The Balaban J connectivity index is 1.55. The first-order valence-corrected chi connectivity index (χ1v) is 9.76. The van der Waals surface area contributed by atoms with E-state index >= 15 is 0 Å². The molecule has 0 bridgehead atoms. The molecule has 2 aromatic carbocycles. The molecule has 4 rings (SSSR count). The second kappa shape index (κ2) is 7.86. The van der Waals surface area contributed by atoms with Crippen molar-refractivity contribution in [2.45, 2.75) is 18.3 Å². The van der Waals surface area contributed by atoms with Gasteiger partial charge in [0.25, 0.3) is 11.8 Å². The number of halogens is 4. The van der Waals surface area contributed by atoms with Crippen LogP contribution in [0.1, 0.15) is 5.56 Å². The minimum atomic E-state index is -4.56. The van der Waals surface area contributed by atoms with Crippen LogP contribution in [0, 0.1) is 0 Å². The van der Waals surface area contributed by atoms with Crippen molar-refractivity contribution >= 4 is 40.8 Å². The monoisotopic (exact) mass is 464 g/mol. The molecule has 2 heterocycles. The molecule has 2 N–H and O–H groups in total. The predicted molar refractivity (Wildman–Crippen MR) is 111 cm³/mol. The van der Waals surface area contributed by atoms with Crippen molar-refractivity contribution in [3.63, 3.8) is 0 Å². The van der Waals surface area contributed by atoms with E-state index < -0.39 is 41.7 Å². The van der Waals surface area contributed by atoms with Crippen LogP contribution >= 0.6 is 11.6 Å². The Bertz CT molecular complexity index is 1130. The fraction of sp³-hybridized carbons (Fsp3) is 0.190. The summed E-state index contributed by atoms with van der Waals surface area (Å²) in [5, 5.41) is 5.48. The Morgan fingerprint density at radius 3 is 2.47 bits per heavy atom. The van der Waals surface area contributed by atoms with Crippen LogP contribution in [0.2, 0.25) is 5.02 Å². The summed E-state index contributed by atoms with van der Waals surface area (Å²) in [7, 11) is 1.57. The largest absolute Gasteiger partial charge is 0.416 e. The SMILES string of the molecule is CN1C=C(C(=O)Nc2cccc(C(F)(F)F)c2)C2NC(=O)N(c3ccc(Cl)cc3)C(=O)C21. The number of hydrogen-bond acceptors (Lipinski definition) is 4. The Hall–Kier alpha value is -3.53. The van der Waals surface area contributed by atoms with Crippen molar-refractivity contribution in [3.05, 3.63) is 70.9 Å². The van der Waals surface area contributed by atoms with Crippen LogP contribution < -0.4 is 15.5 Å². The molecule has 1 saturated heterocycles. The number of carbonyl (C=O) groups excluding carboxylic acids is 3. The molecule has 166 valence electrons. The van der Waals surface area contributed by atoms with E-state index in [2.05, 4.69) is 10.6 Å². The zero-order valence-electron chi connectivity index (χ0n) is 16.5. The molecular formula is C21H16ClF3N4O3. The quantitative estimate of drug-likeness (QED) is 0.727. The first kappa shape index (κ1) is 21.7. The zero-order chi connectivity index (χ0) is 23.2. The zero-order valence-corrected chi connectivity index (χ0v) is 17.2. The van der Waals surface area contributed by atoms with E-state index in [1.807, 2.05) is 0 Å².